The van der Waals surface area contributed by atoms with Crippen LogP contribution in [0, 0.1) is 11.8 Å². The molecule has 1 N–H and O–H groups in total. The summed E-state index contributed by atoms with van der Waals surface area (Å²) in [5.41, 5.74) is 3.04. The Morgan fingerprint density at radius 1 is 1.05 bits per heavy atom. The Hall–Kier alpha value is -0.820. The summed E-state index contributed by atoms with van der Waals surface area (Å²) in [7, 11) is 0. The van der Waals surface area contributed by atoms with Crippen molar-refractivity contribution in [1.29, 1.82) is 0 Å². The molecule has 0 aliphatic heterocycles. The molecule has 2 rings (SSSR count). The Morgan fingerprint density at radius 3 is 2.26 bits per heavy atom. The highest BCUT2D eigenvalue weighted by molar-refractivity contribution is 5.26. The van der Waals surface area contributed by atoms with Crippen molar-refractivity contribution in [2.24, 2.45) is 11.8 Å². The quantitative estimate of drug-likeness (QED) is 0.766. The van der Waals surface area contributed by atoms with Gasteiger partial charge in [-0.1, -0.05) is 51.5 Å². The molecule has 1 aromatic carbocycles. The van der Waals surface area contributed by atoms with Gasteiger partial charge in [0.2, 0.25) is 0 Å². The smallest absolute Gasteiger partial charge is 0.00199 e. The lowest BCUT2D eigenvalue weighted by atomic mass is 9.80. The molecule has 0 amide bonds. The van der Waals surface area contributed by atoms with E-state index in [0.717, 1.165) is 24.9 Å². The molecule has 0 radical (unpaired) electrons. The van der Waals surface area contributed by atoms with Gasteiger partial charge in [-0.2, -0.15) is 0 Å². The zero-order valence-electron chi connectivity index (χ0n) is 12.8. The summed E-state index contributed by atoms with van der Waals surface area (Å²) in [6.45, 7) is 9.12. The molecule has 1 saturated carbocycles. The Bertz CT molecular complexity index is 362. The van der Waals surface area contributed by atoms with Gasteiger partial charge in [0.05, 0.1) is 0 Å². The van der Waals surface area contributed by atoms with Crippen LogP contribution in [0.3, 0.4) is 0 Å². The molecule has 1 atom stereocenters. The Balaban J connectivity index is 1.75. The van der Waals surface area contributed by atoms with Crippen molar-refractivity contribution in [1.82, 2.24) is 5.32 Å². The molecule has 1 aromatic rings. The van der Waals surface area contributed by atoms with Gasteiger partial charge >= 0.3 is 0 Å². The van der Waals surface area contributed by atoms with Crippen LogP contribution >= 0.6 is 0 Å². The average Bonchev–Trinajstić information content (AvgIpc) is 2.29. The van der Waals surface area contributed by atoms with Gasteiger partial charge in [-0.3, -0.25) is 0 Å². The standard InChI is InChI=1S/C18H29N/c1-14(2)12-19-13-15(3)11-16-7-9-18(10-8-16)17-5-4-6-17/h7-10,14-15,17,19H,4-6,11-13H2,1-3H3. The van der Waals surface area contributed by atoms with Crippen LogP contribution < -0.4 is 5.32 Å². The van der Waals surface area contributed by atoms with Gasteiger partial charge in [0, 0.05) is 0 Å². The van der Waals surface area contributed by atoms with Gasteiger partial charge in [0.15, 0.2) is 0 Å². The molecule has 1 aliphatic carbocycles. The van der Waals surface area contributed by atoms with Crippen molar-refractivity contribution >= 4 is 0 Å². The zero-order chi connectivity index (χ0) is 13.7. The molecule has 1 nitrogen and oxygen atoms in total. The summed E-state index contributed by atoms with van der Waals surface area (Å²) in [5.74, 6) is 2.32. The maximum atomic E-state index is 3.55. The Labute approximate surface area is 118 Å². The molecule has 1 unspecified atom stereocenters. The third-order valence-corrected chi connectivity index (χ3v) is 4.19. The van der Waals surface area contributed by atoms with E-state index in [4.69, 9.17) is 0 Å². The Morgan fingerprint density at radius 2 is 1.74 bits per heavy atom. The van der Waals surface area contributed by atoms with Gasteiger partial charge in [0.1, 0.15) is 0 Å². The van der Waals surface area contributed by atoms with Crippen LogP contribution in [0.25, 0.3) is 0 Å². The lowest BCUT2D eigenvalue weighted by Crippen LogP contribution is -2.26. The van der Waals surface area contributed by atoms with Crippen LogP contribution in [-0.4, -0.2) is 13.1 Å². The fraction of sp³-hybridized carbons (Fsp3) is 0.667. The first-order valence-corrected chi connectivity index (χ1v) is 7.94. The second-order valence-electron chi connectivity index (χ2n) is 6.73. The molecule has 0 spiro atoms. The van der Waals surface area contributed by atoms with Crippen LogP contribution in [0.15, 0.2) is 24.3 Å². The van der Waals surface area contributed by atoms with Crippen molar-refractivity contribution in [3.05, 3.63) is 35.4 Å². The fourth-order valence-corrected chi connectivity index (χ4v) is 2.76. The second kappa shape index (κ2) is 7.09. The molecular formula is C18H29N. The third kappa shape index (κ3) is 4.65. The molecule has 106 valence electrons. The van der Waals surface area contributed by atoms with Gasteiger partial charge < -0.3 is 5.32 Å². The van der Waals surface area contributed by atoms with Crippen molar-refractivity contribution in [2.45, 2.75) is 52.4 Å². The molecule has 0 heterocycles. The summed E-state index contributed by atoms with van der Waals surface area (Å²) in [4.78, 5) is 0. The van der Waals surface area contributed by atoms with E-state index in [0.29, 0.717) is 5.92 Å². The lowest BCUT2D eigenvalue weighted by Gasteiger charge is -2.26. The van der Waals surface area contributed by atoms with E-state index in [1.807, 2.05) is 0 Å². The predicted octanol–water partition coefficient (Wildman–Crippen LogP) is 4.38. The number of rotatable bonds is 7. The first-order valence-electron chi connectivity index (χ1n) is 7.94. The highest BCUT2D eigenvalue weighted by Crippen LogP contribution is 2.36. The van der Waals surface area contributed by atoms with Crippen molar-refractivity contribution in [3.8, 4) is 0 Å². The van der Waals surface area contributed by atoms with Crippen molar-refractivity contribution in [3.63, 3.8) is 0 Å². The summed E-state index contributed by atoms with van der Waals surface area (Å²) >= 11 is 0. The van der Waals surface area contributed by atoms with E-state index in [9.17, 15) is 0 Å². The largest absolute Gasteiger partial charge is 0.316 e. The maximum absolute atomic E-state index is 3.55. The first-order chi connectivity index (χ1) is 9.15. The van der Waals surface area contributed by atoms with E-state index in [1.165, 1.54) is 31.2 Å². The van der Waals surface area contributed by atoms with Crippen LogP contribution in [0.4, 0.5) is 0 Å². The zero-order valence-corrected chi connectivity index (χ0v) is 12.8. The van der Waals surface area contributed by atoms with Crippen molar-refractivity contribution in [2.75, 3.05) is 13.1 Å². The molecule has 0 bridgehead atoms. The number of hydrogen-bond donors (Lipinski definition) is 1. The highest BCUT2D eigenvalue weighted by Gasteiger charge is 2.18. The van der Waals surface area contributed by atoms with E-state index >= 15 is 0 Å². The molecule has 1 fully saturated rings. The molecule has 1 aliphatic rings. The lowest BCUT2D eigenvalue weighted by molar-refractivity contribution is 0.419. The van der Waals surface area contributed by atoms with Gasteiger partial charge in [-0.05, 0) is 61.2 Å². The van der Waals surface area contributed by atoms with Crippen LogP contribution in [0.5, 0.6) is 0 Å². The molecule has 0 aromatic heterocycles. The summed E-state index contributed by atoms with van der Waals surface area (Å²) in [6, 6.07) is 9.39. The minimum atomic E-state index is 0.716. The molecule has 19 heavy (non-hydrogen) atoms. The van der Waals surface area contributed by atoms with Crippen LogP contribution in [-0.2, 0) is 6.42 Å². The molecule has 0 saturated heterocycles. The van der Waals surface area contributed by atoms with Crippen molar-refractivity contribution < 1.29 is 0 Å². The topological polar surface area (TPSA) is 12.0 Å². The molecule has 1 heteroatoms. The van der Waals surface area contributed by atoms with Gasteiger partial charge in [0.25, 0.3) is 0 Å². The second-order valence-corrected chi connectivity index (χ2v) is 6.73. The predicted molar refractivity (Wildman–Crippen MR) is 83.6 cm³/mol. The Kier molecular flexibility index (Phi) is 5.45. The summed E-state index contributed by atoms with van der Waals surface area (Å²) in [5, 5.41) is 3.55. The fourth-order valence-electron chi connectivity index (χ4n) is 2.76. The normalized spacial score (nSPS) is 17.5. The summed E-state index contributed by atoms with van der Waals surface area (Å²) < 4.78 is 0. The monoisotopic (exact) mass is 259 g/mol. The van der Waals surface area contributed by atoms with E-state index in [2.05, 4.69) is 50.4 Å². The summed E-state index contributed by atoms with van der Waals surface area (Å²) in [6.07, 6.45) is 5.41. The van der Waals surface area contributed by atoms with E-state index in [1.54, 1.807) is 5.56 Å². The molecular weight excluding hydrogens is 230 g/mol. The first kappa shape index (κ1) is 14.6. The van der Waals surface area contributed by atoms with E-state index in [-0.39, 0.29) is 0 Å². The number of hydrogen-bond acceptors (Lipinski definition) is 1. The van der Waals surface area contributed by atoms with Crippen LogP contribution in [0.1, 0.15) is 57.1 Å². The van der Waals surface area contributed by atoms with Crippen LogP contribution in [0.2, 0.25) is 0 Å². The number of benzene rings is 1. The van der Waals surface area contributed by atoms with E-state index < -0.39 is 0 Å². The minimum absolute atomic E-state index is 0.716. The average molecular weight is 259 g/mol. The highest BCUT2D eigenvalue weighted by atomic mass is 14.9. The third-order valence-electron chi connectivity index (χ3n) is 4.19. The van der Waals surface area contributed by atoms with Gasteiger partial charge in [-0.15, -0.1) is 0 Å². The maximum Gasteiger partial charge on any atom is -0.00199 e. The minimum Gasteiger partial charge on any atom is -0.316 e. The van der Waals surface area contributed by atoms with Gasteiger partial charge in [-0.25, -0.2) is 0 Å². The number of nitrogens with one attached hydrogen (secondary N) is 1. The SMILES string of the molecule is CC(C)CNCC(C)Cc1ccc(C2CCC2)cc1.